The Morgan fingerprint density at radius 1 is 1.38 bits per heavy atom. The average Bonchev–Trinajstić information content (AvgIpc) is 2.59. The van der Waals surface area contributed by atoms with Crippen molar-refractivity contribution in [2.45, 2.75) is 32.6 Å². The lowest BCUT2D eigenvalue weighted by Crippen LogP contribution is -2.15. The van der Waals surface area contributed by atoms with Crippen molar-refractivity contribution in [2.75, 3.05) is 13.2 Å². The summed E-state index contributed by atoms with van der Waals surface area (Å²) in [6, 6.07) is -0.387. The highest BCUT2D eigenvalue weighted by Crippen LogP contribution is 2.14. The molecule has 1 rings (SSSR count). The van der Waals surface area contributed by atoms with E-state index in [1.54, 1.807) is 0 Å². The molecule has 0 saturated carbocycles. The third-order valence-corrected chi connectivity index (χ3v) is 2.72. The van der Waals surface area contributed by atoms with E-state index in [1.807, 2.05) is 0 Å². The summed E-state index contributed by atoms with van der Waals surface area (Å²) in [4.78, 5) is 28.3. The predicted molar refractivity (Wildman–Crippen MR) is 76.4 cm³/mol. The predicted octanol–water partition coefficient (Wildman–Crippen LogP) is 2.45. The maximum absolute atomic E-state index is 12.0. The number of rotatable bonds is 8. The fourth-order valence-corrected chi connectivity index (χ4v) is 1.65. The van der Waals surface area contributed by atoms with Gasteiger partial charge in [0.15, 0.2) is 0 Å². The molecule has 116 valence electrons. The molecular formula is C16H22O5. The Labute approximate surface area is 130 Å². The molecule has 1 N–H and O–H groups in total. The van der Waals surface area contributed by atoms with Gasteiger partial charge in [0.05, 0.1) is 17.7 Å². The third-order valence-electron chi connectivity index (χ3n) is 2.72. The van der Waals surface area contributed by atoms with Gasteiger partial charge in [-0.2, -0.15) is 9.59 Å². The molecule has 0 aliphatic carbocycles. The van der Waals surface area contributed by atoms with Crippen LogP contribution in [0.3, 0.4) is 0 Å². The van der Waals surface area contributed by atoms with Gasteiger partial charge in [-0.25, -0.2) is 4.79 Å². The van der Waals surface area contributed by atoms with E-state index in [0.717, 1.165) is 25.3 Å². The van der Waals surface area contributed by atoms with Crippen LogP contribution in [-0.4, -0.2) is 30.4 Å². The third kappa shape index (κ3) is 9.55. The second-order valence-electron chi connectivity index (χ2n) is 4.28. The highest BCUT2D eigenvalue weighted by molar-refractivity contribution is 5.89. The molecule has 1 atom stereocenters. The zero-order valence-electron chi connectivity index (χ0n) is 16.0. The molecule has 0 aliphatic rings. The number of aliphatic hydroxyl groups is 1. The normalized spacial score (nSPS) is 13.4. The van der Waals surface area contributed by atoms with Gasteiger partial charge in [-0.1, -0.05) is 37.9 Å². The fourth-order valence-electron chi connectivity index (χ4n) is 1.65. The van der Waals surface area contributed by atoms with Gasteiger partial charge in [-0.05, 0) is 30.9 Å². The molecule has 0 heterocycles. The van der Waals surface area contributed by atoms with E-state index in [0.29, 0.717) is 6.42 Å². The first-order valence-electron chi connectivity index (χ1n) is 8.68. The summed E-state index contributed by atoms with van der Waals surface area (Å²) in [5.74, 6) is -0.698. The molecule has 21 heavy (non-hydrogen) atoms. The number of aliphatic hydroxyl groups excluding tert-OH is 1. The fraction of sp³-hybridized carbons (Fsp3) is 0.500. The first kappa shape index (κ1) is 12.7. The molecule has 1 unspecified atom stereocenters. The number of carbonyl (C=O) groups excluding carboxylic acids is 3. The number of benzene rings is 1. The molecule has 0 bridgehead atoms. The van der Waals surface area contributed by atoms with Gasteiger partial charge in [0.2, 0.25) is 0 Å². The summed E-state index contributed by atoms with van der Waals surface area (Å²) < 4.78 is 35.4. The summed E-state index contributed by atoms with van der Waals surface area (Å²) >= 11 is 0. The Morgan fingerprint density at radius 2 is 2.10 bits per heavy atom. The van der Waals surface area contributed by atoms with E-state index in [9.17, 15) is 4.79 Å². The van der Waals surface area contributed by atoms with Crippen molar-refractivity contribution in [1.29, 1.82) is 0 Å². The van der Waals surface area contributed by atoms with Crippen LogP contribution in [0.15, 0.2) is 30.2 Å². The molecule has 0 amide bonds. The minimum absolute atomic E-state index is 0.0247. The number of carbonyl (C=O) groups is 1. The zero-order valence-corrected chi connectivity index (χ0v) is 12.0. The molecule has 1 aromatic carbocycles. The smallest absolute Gasteiger partial charge is 0.373 e. The molecule has 0 fully saturated rings. The number of esters is 1. The van der Waals surface area contributed by atoms with E-state index in [1.165, 1.54) is 0 Å². The van der Waals surface area contributed by atoms with Gasteiger partial charge in [-0.3, -0.25) is 0 Å². The summed E-state index contributed by atoms with van der Waals surface area (Å²) in [6.07, 6.45) is 3.63. The monoisotopic (exact) mass is 298 g/mol. The zero-order chi connectivity index (χ0) is 19.4. The van der Waals surface area contributed by atoms with Crippen molar-refractivity contribution in [3.05, 3.63) is 35.8 Å². The van der Waals surface area contributed by atoms with Crippen LogP contribution in [0.1, 0.15) is 48.4 Å². The van der Waals surface area contributed by atoms with Crippen molar-refractivity contribution in [1.82, 2.24) is 0 Å². The Hall–Kier alpha value is -1.97. The SMILES string of the molecule is O=C=O.[2H]c1cc(C(=O)OCC(CCO)CCCC)c([2H])c([2H])c1[2H]. The summed E-state index contributed by atoms with van der Waals surface area (Å²) in [7, 11) is 0. The minimum Gasteiger partial charge on any atom is -0.462 e. The molecule has 1 aromatic rings. The van der Waals surface area contributed by atoms with Gasteiger partial charge in [0, 0.05) is 6.61 Å². The molecular weight excluding hydrogens is 272 g/mol. The quantitative estimate of drug-likeness (QED) is 0.746. The van der Waals surface area contributed by atoms with E-state index < -0.39 is 18.1 Å². The van der Waals surface area contributed by atoms with Gasteiger partial charge >= 0.3 is 12.1 Å². The van der Waals surface area contributed by atoms with Crippen LogP contribution in [0.25, 0.3) is 0 Å². The highest BCUT2D eigenvalue weighted by Gasteiger charge is 2.12. The van der Waals surface area contributed by atoms with Gasteiger partial charge in [0.25, 0.3) is 0 Å². The lowest BCUT2D eigenvalue weighted by atomic mass is 10.00. The molecule has 5 nitrogen and oxygen atoms in total. The first-order valence-corrected chi connectivity index (χ1v) is 6.68. The number of unbranched alkanes of at least 4 members (excludes halogenated alkanes) is 1. The largest absolute Gasteiger partial charge is 0.462 e. The Kier molecular flexibility index (Phi) is 7.91. The van der Waals surface area contributed by atoms with Crippen LogP contribution in [0.5, 0.6) is 0 Å². The summed E-state index contributed by atoms with van der Waals surface area (Å²) in [5, 5.41) is 9.02. The Balaban J connectivity index is 0.00000178. The first-order chi connectivity index (χ1) is 11.8. The van der Waals surface area contributed by atoms with E-state index >= 15 is 0 Å². The molecule has 0 radical (unpaired) electrons. The van der Waals surface area contributed by atoms with E-state index in [-0.39, 0.29) is 42.9 Å². The molecule has 5 heteroatoms. The van der Waals surface area contributed by atoms with Crippen LogP contribution in [0, 0.1) is 5.92 Å². The number of ether oxygens (including phenoxy) is 1. The maximum Gasteiger partial charge on any atom is 0.373 e. The summed E-state index contributed by atoms with van der Waals surface area (Å²) in [5.41, 5.74) is -0.163. The lowest BCUT2D eigenvalue weighted by Gasteiger charge is -2.15. The van der Waals surface area contributed by atoms with Crippen LogP contribution < -0.4 is 0 Å². The molecule has 0 saturated heterocycles. The molecule has 0 aromatic heterocycles. The second kappa shape index (κ2) is 13.0. The Morgan fingerprint density at radius 3 is 2.71 bits per heavy atom. The summed E-state index contributed by atoms with van der Waals surface area (Å²) in [6.45, 7) is 2.22. The van der Waals surface area contributed by atoms with Crippen molar-refractivity contribution in [3.8, 4) is 0 Å². The molecule has 0 aliphatic heterocycles. The van der Waals surface area contributed by atoms with Crippen molar-refractivity contribution < 1.29 is 29.7 Å². The van der Waals surface area contributed by atoms with Crippen LogP contribution in [-0.2, 0) is 14.3 Å². The van der Waals surface area contributed by atoms with Crippen molar-refractivity contribution >= 4 is 12.1 Å². The van der Waals surface area contributed by atoms with E-state index in [4.69, 9.17) is 24.9 Å². The van der Waals surface area contributed by atoms with Gasteiger partial charge in [0.1, 0.15) is 0 Å². The molecule has 0 spiro atoms. The van der Waals surface area contributed by atoms with Crippen LogP contribution in [0.4, 0.5) is 0 Å². The Bertz CT molecular complexity index is 601. The van der Waals surface area contributed by atoms with Crippen molar-refractivity contribution in [2.24, 2.45) is 5.92 Å². The van der Waals surface area contributed by atoms with Crippen LogP contribution in [0.2, 0.25) is 0 Å². The van der Waals surface area contributed by atoms with Gasteiger partial charge < -0.3 is 9.84 Å². The second-order valence-corrected chi connectivity index (χ2v) is 4.28. The number of hydrogen-bond acceptors (Lipinski definition) is 5. The standard InChI is InChI=1S/C15H22O3.CO2/c1-2-3-7-13(10-11-16)12-18-15(17)14-8-5-4-6-9-14;2-1-3/h4-6,8-9,13,16H,2-3,7,10-12H2,1H3;/i4D,5D,6D,8D;. The lowest BCUT2D eigenvalue weighted by molar-refractivity contribution is -0.191. The minimum atomic E-state index is -0.758. The van der Waals surface area contributed by atoms with Gasteiger partial charge in [-0.15, -0.1) is 0 Å². The number of hydrogen-bond donors (Lipinski definition) is 1. The maximum atomic E-state index is 12.0. The topological polar surface area (TPSA) is 80.7 Å². The van der Waals surface area contributed by atoms with Crippen LogP contribution >= 0.6 is 0 Å². The van der Waals surface area contributed by atoms with E-state index in [2.05, 4.69) is 6.92 Å². The highest BCUT2D eigenvalue weighted by atomic mass is 16.5. The van der Waals surface area contributed by atoms with Crippen molar-refractivity contribution in [3.63, 3.8) is 0 Å². The average molecular weight is 298 g/mol.